The molecule has 0 radical (unpaired) electrons. The lowest BCUT2D eigenvalue weighted by atomic mass is 9.69. The SMILES string of the molecule is CC1=CC(C)=C2C(=NN=C(N)NO)CC2C1. The zero-order chi connectivity index (χ0) is 11.7. The molecule has 1 saturated carbocycles. The first-order valence-corrected chi connectivity index (χ1v) is 5.30. The molecule has 16 heavy (non-hydrogen) atoms. The summed E-state index contributed by atoms with van der Waals surface area (Å²) in [6, 6.07) is 0. The maximum atomic E-state index is 8.46. The number of rotatable bonds is 1. The average molecular weight is 220 g/mol. The second-order valence-electron chi connectivity index (χ2n) is 4.34. The van der Waals surface area contributed by atoms with Gasteiger partial charge in [-0.1, -0.05) is 11.6 Å². The number of allylic oxidation sites excluding steroid dienone is 4. The number of hydroxylamine groups is 1. The first-order chi connectivity index (χ1) is 7.61. The van der Waals surface area contributed by atoms with Gasteiger partial charge in [0.1, 0.15) is 0 Å². The summed E-state index contributed by atoms with van der Waals surface area (Å²) in [6.45, 7) is 4.25. The number of fused-ring (bicyclic) bond motifs is 1. The van der Waals surface area contributed by atoms with E-state index in [1.54, 1.807) is 5.48 Å². The Morgan fingerprint density at radius 1 is 1.50 bits per heavy atom. The van der Waals surface area contributed by atoms with E-state index in [0.29, 0.717) is 5.92 Å². The van der Waals surface area contributed by atoms with E-state index in [2.05, 4.69) is 30.1 Å². The highest BCUT2D eigenvalue weighted by Gasteiger charge is 2.34. The predicted octanol–water partition coefficient (Wildman–Crippen LogP) is 1.32. The Morgan fingerprint density at radius 2 is 2.25 bits per heavy atom. The second-order valence-corrected chi connectivity index (χ2v) is 4.34. The van der Waals surface area contributed by atoms with E-state index in [-0.39, 0.29) is 5.96 Å². The summed E-state index contributed by atoms with van der Waals surface area (Å²) in [6.07, 6.45) is 4.25. The molecule has 1 atom stereocenters. The van der Waals surface area contributed by atoms with Gasteiger partial charge in [-0.15, -0.1) is 5.10 Å². The number of hydrogen-bond acceptors (Lipinski definition) is 3. The van der Waals surface area contributed by atoms with Crippen LogP contribution in [-0.4, -0.2) is 16.9 Å². The van der Waals surface area contributed by atoms with E-state index in [1.165, 1.54) is 16.7 Å². The minimum absolute atomic E-state index is 0.0864. The largest absolute Gasteiger partial charge is 0.367 e. The van der Waals surface area contributed by atoms with Gasteiger partial charge in [-0.3, -0.25) is 5.21 Å². The first-order valence-electron chi connectivity index (χ1n) is 5.30. The number of guanidine groups is 1. The first kappa shape index (κ1) is 10.9. The van der Waals surface area contributed by atoms with Gasteiger partial charge in [0, 0.05) is 0 Å². The van der Waals surface area contributed by atoms with Crippen LogP contribution in [0.4, 0.5) is 0 Å². The van der Waals surface area contributed by atoms with Crippen molar-refractivity contribution in [2.45, 2.75) is 26.7 Å². The molecule has 0 spiro atoms. The molecule has 4 N–H and O–H groups in total. The highest BCUT2D eigenvalue weighted by molar-refractivity contribution is 6.08. The molecule has 0 aliphatic heterocycles. The molecule has 1 unspecified atom stereocenters. The molecule has 0 bridgehead atoms. The van der Waals surface area contributed by atoms with Crippen LogP contribution < -0.4 is 11.2 Å². The fourth-order valence-corrected chi connectivity index (χ4v) is 2.40. The molecule has 1 fully saturated rings. The summed E-state index contributed by atoms with van der Waals surface area (Å²) >= 11 is 0. The van der Waals surface area contributed by atoms with Crippen molar-refractivity contribution < 1.29 is 5.21 Å². The minimum Gasteiger partial charge on any atom is -0.367 e. The van der Waals surface area contributed by atoms with Crippen molar-refractivity contribution in [3.05, 3.63) is 22.8 Å². The molecule has 5 heteroatoms. The third-order valence-corrected chi connectivity index (χ3v) is 3.01. The molecule has 0 aromatic heterocycles. The molecule has 0 amide bonds. The molecule has 0 aromatic carbocycles. The van der Waals surface area contributed by atoms with E-state index in [0.717, 1.165) is 18.6 Å². The van der Waals surface area contributed by atoms with Gasteiger partial charge in [0.25, 0.3) is 0 Å². The van der Waals surface area contributed by atoms with Crippen molar-refractivity contribution >= 4 is 11.7 Å². The molecule has 86 valence electrons. The van der Waals surface area contributed by atoms with Gasteiger partial charge in [-0.25, -0.2) is 5.48 Å². The zero-order valence-electron chi connectivity index (χ0n) is 9.49. The van der Waals surface area contributed by atoms with E-state index in [4.69, 9.17) is 10.9 Å². The fraction of sp³-hybridized carbons (Fsp3) is 0.455. The number of nitrogens with zero attached hydrogens (tertiary/aromatic N) is 2. The molecule has 0 saturated heterocycles. The zero-order valence-corrected chi connectivity index (χ0v) is 9.49. The Bertz CT molecular complexity index is 431. The van der Waals surface area contributed by atoms with E-state index >= 15 is 0 Å². The molecule has 0 aromatic rings. The summed E-state index contributed by atoms with van der Waals surface area (Å²) < 4.78 is 0. The van der Waals surface area contributed by atoms with Crippen LogP contribution in [0.2, 0.25) is 0 Å². The summed E-state index contributed by atoms with van der Waals surface area (Å²) in [5.74, 6) is 0.513. The lowest BCUT2D eigenvalue weighted by Crippen LogP contribution is -2.32. The second kappa shape index (κ2) is 4.09. The Hall–Kier alpha value is -1.62. The molecule has 2 aliphatic carbocycles. The summed E-state index contributed by atoms with van der Waals surface area (Å²) in [4.78, 5) is 0. The lowest BCUT2D eigenvalue weighted by Gasteiger charge is -2.36. The van der Waals surface area contributed by atoms with Crippen LogP contribution in [0.1, 0.15) is 26.7 Å². The van der Waals surface area contributed by atoms with Crippen LogP contribution in [0.5, 0.6) is 0 Å². The molecular formula is C11H16N4O. The predicted molar refractivity (Wildman–Crippen MR) is 63.2 cm³/mol. The van der Waals surface area contributed by atoms with E-state index in [9.17, 15) is 0 Å². The van der Waals surface area contributed by atoms with Crippen LogP contribution in [-0.2, 0) is 0 Å². The van der Waals surface area contributed by atoms with Crippen LogP contribution >= 0.6 is 0 Å². The third kappa shape index (κ3) is 1.86. The highest BCUT2D eigenvalue weighted by atomic mass is 16.5. The Labute approximate surface area is 94.4 Å². The summed E-state index contributed by atoms with van der Waals surface area (Å²) in [7, 11) is 0. The Morgan fingerprint density at radius 3 is 2.88 bits per heavy atom. The van der Waals surface area contributed by atoms with Gasteiger partial charge in [0.15, 0.2) is 0 Å². The van der Waals surface area contributed by atoms with Crippen molar-refractivity contribution in [1.29, 1.82) is 0 Å². The van der Waals surface area contributed by atoms with Gasteiger partial charge in [-0.2, -0.15) is 5.10 Å². The molecule has 5 nitrogen and oxygen atoms in total. The molecule has 2 aliphatic rings. The lowest BCUT2D eigenvalue weighted by molar-refractivity contribution is 0.232. The van der Waals surface area contributed by atoms with Crippen LogP contribution in [0, 0.1) is 5.92 Å². The number of hydrogen-bond donors (Lipinski definition) is 3. The van der Waals surface area contributed by atoms with Crippen LogP contribution in [0.3, 0.4) is 0 Å². The van der Waals surface area contributed by atoms with E-state index in [1.807, 2.05) is 0 Å². The quantitative estimate of drug-likeness (QED) is 0.354. The number of nitrogens with one attached hydrogen (secondary N) is 1. The average Bonchev–Trinajstić information content (AvgIpc) is 2.19. The van der Waals surface area contributed by atoms with Crippen molar-refractivity contribution in [1.82, 2.24) is 5.48 Å². The Balaban J connectivity index is 2.21. The van der Waals surface area contributed by atoms with Crippen molar-refractivity contribution in [2.75, 3.05) is 0 Å². The van der Waals surface area contributed by atoms with Gasteiger partial charge < -0.3 is 5.73 Å². The monoisotopic (exact) mass is 220 g/mol. The maximum absolute atomic E-state index is 8.46. The fourth-order valence-electron chi connectivity index (χ4n) is 2.40. The summed E-state index contributed by atoms with van der Waals surface area (Å²) in [5.41, 5.74) is 12.0. The Kier molecular flexibility index (Phi) is 2.78. The van der Waals surface area contributed by atoms with Crippen molar-refractivity contribution in [2.24, 2.45) is 21.9 Å². The smallest absolute Gasteiger partial charge is 0.237 e. The third-order valence-electron chi connectivity index (χ3n) is 3.01. The van der Waals surface area contributed by atoms with Gasteiger partial charge >= 0.3 is 0 Å². The highest BCUT2D eigenvalue weighted by Crippen LogP contribution is 2.41. The minimum atomic E-state index is -0.0864. The van der Waals surface area contributed by atoms with Crippen LogP contribution in [0.25, 0.3) is 0 Å². The maximum Gasteiger partial charge on any atom is 0.237 e. The molecular weight excluding hydrogens is 204 g/mol. The van der Waals surface area contributed by atoms with Crippen molar-refractivity contribution in [3.63, 3.8) is 0 Å². The molecule has 0 heterocycles. The van der Waals surface area contributed by atoms with Gasteiger partial charge in [0.05, 0.1) is 5.71 Å². The standard InChI is InChI=1S/C11H16N4O/c1-6-3-7(2)10-8(4-6)5-9(10)13-14-11(12)15-16/h3,8,16H,4-5H2,1-2H3,(H3,12,14,15). The normalized spacial score (nSPS) is 27.4. The topological polar surface area (TPSA) is 83.0 Å². The van der Waals surface area contributed by atoms with Gasteiger partial charge in [-0.05, 0) is 43.8 Å². The van der Waals surface area contributed by atoms with Gasteiger partial charge in [0.2, 0.25) is 5.96 Å². The number of nitrogens with two attached hydrogens (primary N) is 1. The molecule has 2 rings (SSSR count). The van der Waals surface area contributed by atoms with Crippen LogP contribution in [0.15, 0.2) is 33.0 Å². The van der Waals surface area contributed by atoms with Crippen molar-refractivity contribution in [3.8, 4) is 0 Å². The summed E-state index contributed by atoms with van der Waals surface area (Å²) in [5, 5.41) is 16.2. The van der Waals surface area contributed by atoms with E-state index < -0.39 is 0 Å².